The fraction of sp³-hybridized carbons (Fsp3) is 0.167. The van der Waals surface area contributed by atoms with E-state index in [1.165, 1.54) is 16.7 Å². The van der Waals surface area contributed by atoms with Gasteiger partial charge in [-0.2, -0.15) is 0 Å². The molecule has 0 fully saturated rings. The van der Waals surface area contributed by atoms with Gasteiger partial charge in [0.05, 0.1) is 10.6 Å². The molecule has 0 aliphatic heterocycles. The summed E-state index contributed by atoms with van der Waals surface area (Å²) in [4.78, 5) is 6.56. The summed E-state index contributed by atoms with van der Waals surface area (Å²) in [6.45, 7) is 4.14. The predicted molar refractivity (Wildman–Crippen MR) is 106 cm³/mol. The molecule has 0 bridgehead atoms. The second kappa shape index (κ2) is 7.61. The molecule has 4 nitrogen and oxygen atoms in total. The molecule has 2 aromatic heterocycles. The van der Waals surface area contributed by atoms with Gasteiger partial charge in [0, 0.05) is 16.8 Å². The van der Waals surface area contributed by atoms with Crippen molar-refractivity contribution >= 4 is 38.8 Å². The zero-order chi connectivity index (χ0) is 17.9. The van der Waals surface area contributed by atoms with Crippen LogP contribution in [0.4, 0.5) is 0 Å². The predicted octanol–water partition coefficient (Wildman–Crippen LogP) is 4.58. The molecule has 0 saturated carbocycles. The van der Waals surface area contributed by atoms with E-state index in [1.54, 1.807) is 17.4 Å². The highest BCUT2D eigenvalue weighted by molar-refractivity contribution is 7.92. The van der Waals surface area contributed by atoms with Gasteiger partial charge in [0.1, 0.15) is 5.01 Å². The number of nitrogens with zero attached hydrogens (tertiary/aromatic N) is 1. The maximum absolute atomic E-state index is 12.2. The zero-order valence-corrected chi connectivity index (χ0v) is 16.3. The molecule has 3 aromatic rings. The minimum absolute atomic E-state index is 0.245. The molecular weight excluding hydrogens is 372 g/mol. The van der Waals surface area contributed by atoms with Crippen molar-refractivity contribution in [3.8, 4) is 9.88 Å². The van der Waals surface area contributed by atoms with Crippen LogP contribution in [0.25, 0.3) is 16.0 Å². The van der Waals surface area contributed by atoms with Gasteiger partial charge in [0.2, 0.25) is 10.0 Å². The molecule has 0 spiro atoms. The van der Waals surface area contributed by atoms with Crippen molar-refractivity contribution in [2.75, 3.05) is 0 Å². The smallest absolute Gasteiger partial charge is 0.234 e. The summed E-state index contributed by atoms with van der Waals surface area (Å²) in [5.41, 5.74) is 2.85. The van der Waals surface area contributed by atoms with Gasteiger partial charge in [-0.3, -0.25) is 0 Å². The lowest BCUT2D eigenvalue weighted by Gasteiger charge is -2.01. The van der Waals surface area contributed by atoms with Crippen molar-refractivity contribution < 1.29 is 8.42 Å². The maximum atomic E-state index is 12.2. The van der Waals surface area contributed by atoms with E-state index in [-0.39, 0.29) is 6.54 Å². The Morgan fingerprint density at radius 2 is 1.92 bits per heavy atom. The SMILES string of the molecule is Cc1ccc(/C=C/S(=O)(=O)NCc2sc(-c3cccs3)nc2C)cc1. The van der Waals surface area contributed by atoms with Gasteiger partial charge in [-0.1, -0.05) is 35.9 Å². The molecular formula is C18H18N2O2S3. The number of sulfonamides is 1. The summed E-state index contributed by atoms with van der Waals surface area (Å²) in [6, 6.07) is 11.7. The van der Waals surface area contributed by atoms with Gasteiger partial charge < -0.3 is 0 Å². The van der Waals surface area contributed by atoms with Crippen molar-refractivity contribution in [1.82, 2.24) is 9.71 Å². The van der Waals surface area contributed by atoms with Gasteiger partial charge in [-0.15, -0.1) is 22.7 Å². The fourth-order valence-electron chi connectivity index (χ4n) is 2.16. The fourth-order valence-corrected chi connectivity index (χ4v) is 4.83. The van der Waals surface area contributed by atoms with E-state index < -0.39 is 10.0 Å². The third-order valence-electron chi connectivity index (χ3n) is 3.58. The lowest BCUT2D eigenvalue weighted by molar-refractivity contribution is 0.591. The quantitative estimate of drug-likeness (QED) is 0.670. The van der Waals surface area contributed by atoms with E-state index >= 15 is 0 Å². The van der Waals surface area contributed by atoms with E-state index in [0.717, 1.165) is 31.6 Å². The number of aryl methyl sites for hydroxylation is 2. The van der Waals surface area contributed by atoms with Gasteiger partial charge in [0.25, 0.3) is 0 Å². The van der Waals surface area contributed by atoms with Crippen molar-refractivity contribution in [2.24, 2.45) is 0 Å². The summed E-state index contributed by atoms with van der Waals surface area (Å²) >= 11 is 3.15. The topological polar surface area (TPSA) is 59.1 Å². The average Bonchev–Trinajstić information content (AvgIpc) is 3.22. The Bertz CT molecular complexity index is 970. The minimum atomic E-state index is -3.50. The summed E-state index contributed by atoms with van der Waals surface area (Å²) in [7, 11) is -3.50. The number of thiophene rings is 1. The molecule has 0 atom stereocenters. The number of nitrogens with one attached hydrogen (secondary N) is 1. The first-order chi connectivity index (χ1) is 11.9. The highest BCUT2D eigenvalue weighted by atomic mass is 32.2. The van der Waals surface area contributed by atoms with Crippen LogP contribution in [0.2, 0.25) is 0 Å². The second-order valence-electron chi connectivity index (χ2n) is 5.58. The second-order valence-corrected chi connectivity index (χ2v) is 9.27. The van der Waals surface area contributed by atoms with Crippen LogP contribution in [0.15, 0.2) is 47.2 Å². The zero-order valence-electron chi connectivity index (χ0n) is 13.9. The Kier molecular flexibility index (Phi) is 5.48. The van der Waals surface area contributed by atoms with Crippen LogP contribution in [0, 0.1) is 13.8 Å². The first-order valence-electron chi connectivity index (χ1n) is 7.67. The van der Waals surface area contributed by atoms with Gasteiger partial charge in [-0.25, -0.2) is 18.1 Å². The highest BCUT2D eigenvalue weighted by Gasteiger charge is 2.12. The molecule has 3 rings (SSSR count). The van der Waals surface area contributed by atoms with Crippen LogP contribution in [0.5, 0.6) is 0 Å². The van der Waals surface area contributed by atoms with E-state index in [2.05, 4.69) is 9.71 Å². The largest absolute Gasteiger partial charge is 0.240 e. The Morgan fingerprint density at radius 3 is 2.60 bits per heavy atom. The summed E-state index contributed by atoms with van der Waals surface area (Å²) in [6.07, 6.45) is 1.60. The van der Waals surface area contributed by atoms with Gasteiger partial charge in [0.15, 0.2) is 0 Å². The first kappa shape index (κ1) is 18.0. The molecule has 0 saturated heterocycles. The highest BCUT2D eigenvalue weighted by Crippen LogP contribution is 2.31. The normalized spacial score (nSPS) is 12.1. The third kappa shape index (κ3) is 4.85. The first-order valence-corrected chi connectivity index (χ1v) is 10.9. The van der Waals surface area contributed by atoms with Crippen LogP contribution in [-0.4, -0.2) is 13.4 Å². The Hall–Kier alpha value is -1.80. The number of hydrogen-bond acceptors (Lipinski definition) is 5. The molecule has 0 aliphatic rings. The Balaban J connectivity index is 1.67. The summed E-state index contributed by atoms with van der Waals surface area (Å²) in [5, 5.41) is 4.13. The summed E-state index contributed by atoms with van der Waals surface area (Å²) in [5.74, 6) is 0. The van der Waals surface area contributed by atoms with Crippen molar-refractivity contribution in [3.63, 3.8) is 0 Å². The Labute approximate surface area is 155 Å². The van der Waals surface area contributed by atoms with Crippen LogP contribution in [0.1, 0.15) is 21.7 Å². The number of rotatable bonds is 6. The van der Waals surface area contributed by atoms with Crippen molar-refractivity contribution in [2.45, 2.75) is 20.4 Å². The van der Waals surface area contributed by atoms with Crippen molar-refractivity contribution in [1.29, 1.82) is 0 Å². The van der Waals surface area contributed by atoms with E-state index in [0.29, 0.717) is 0 Å². The van der Waals surface area contributed by atoms with E-state index in [4.69, 9.17) is 0 Å². The molecule has 0 amide bonds. The molecule has 0 unspecified atom stereocenters. The van der Waals surface area contributed by atoms with E-state index in [1.807, 2.05) is 55.6 Å². The van der Waals surface area contributed by atoms with Crippen LogP contribution in [0.3, 0.4) is 0 Å². The van der Waals surface area contributed by atoms with Crippen LogP contribution in [-0.2, 0) is 16.6 Å². The third-order valence-corrected chi connectivity index (χ3v) is 6.81. The number of benzene rings is 1. The Morgan fingerprint density at radius 1 is 1.16 bits per heavy atom. The minimum Gasteiger partial charge on any atom is -0.240 e. The van der Waals surface area contributed by atoms with E-state index in [9.17, 15) is 8.42 Å². The molecule has 25 heavy (non-hydrogen) atoms. The van der Waals surface area contributed by atoms with Crippen LogP contribution < -0.4 is 4.72 Å². The summed E-state index contributed by atoms with van der Waals surface area (Å²) < 4.78 is 27.0. The molecule has 1 aromatic carbocycles. The van der Waals surface area contributed by atoms with Gasteiger partial charge in [-0.05, 0) is 36.9 Å². The molecule has 130 valence electrons. The standard InChI is InChI=1S/C18H18N2O2S3/c1-13-5-7-15(8-6-13)9-11-25(21,22)19-12-17-14(2)20-18(24-17)16-4-3-10-23-16/h3-11,19H,12H2,1-2H3/b11-9+. The lowest BCUT2D eigenvalue weighted by atomic mass is 10.2. The molecule has 2 heterocycles. The monoisotopic (exact) mass is 390 g/mol. The van der Waals surface area contributed by atoms with Gasteiger partial charge >= 0.3 is 0 Å². The van der Waals surface area contributed by atoms with Crippen molar-refractivity contribution in [3.05, 3.63) is 68.9 Å². The van der Waals surface area contributed by atoms with Crippen LogP contribution >= 0.6 is 22.7 Å². The maximum Gasteiger partial charge on any atom is 0.234 e. The number of hydrogen-bond donors (Lipinski definition) is 1. The average molecular weight is 391 g/mol. The molecule has 7 heteroatoms. The number of aromatic nitrogens is 1. The number of thiazole rings is 1. The molecule has 1 N–H and O–H groups in total. The molecule has 0 radical (unpaired) electrons. The lowest BCUT2D eigenvalue weighted by Crippen LogP contribution is -2.20. The molecule has 0 aliphatic carbocycles.